The number of amides is 2. The van der Waals surface area contributed by atoms with Gasteiger partial charge in [-0.2, -0.15) is 0 Å². The lowest BCUT2D eigenvalue weighted by Gasteiger charge is -2.29. The van der Waals surface area contributed by atoms with Crippen molar-refractivity contribution in [2.75, 3.05) is 20.6 Å². The lowest BCUT2D eigenvalue weighted by atomic mass is 9.81. The molecule has 1 aliphatic carbocycles. The molecule has 32 heavy (non-hydrogen) atoms. The summed E-state index contributed by atoms with van der Waals surface area (Å²) in [6, 6.07) is 8.34. The Labute approximate surface area is 191 Å². The van der Waals surface area contributed by atoms with E-state index in [9.17, 15) is 19.5 Å². The number of benzene rings is 1. The number of aliphatic carboxylic acids is 1. The third-order valence-electron chi connectivity index (χ3n) is 5.05. The van der Waals surface area contributed by atoms with Gasteiger partial charge in [0.2, 0.25) is 5.91 Å². The van der Waals surface area contributed by atoms with Crippen LogP contribution in [-0.4, -0.2) is 55.4 Å². The first kappa shape index (κ1) is 27.4. The number of carboxylic acid groups (broad SMARTS) is 1. The Morgan fingerprint density at radius 2 is 1.62 bits per heavy atom. The number of carbonyl (C=O) groups excluding carboxylic acids is 2. The first-order valence-corrected chi connectivity index (χ1v) is 11.2. The average Bonchev–Trinajstić information content (AvgIpc) is 2.72. The van der Waals surface area contributed by atoms with E-state index in [0.29, 0.717) is 25.3 Å². The number of nitrogens with one attached hydrogen (secondary N) is 3. The third kappa shape index (κ3) is 11.1. The molecule has 1 fully saturated rings. The summed E-state index contributed by atoms with van der Waals surface area (Å²) in [6.07, 6.45) is 2.82. The smallest absolute Gasteiger partial charge is 0.407 e. The maximum Gasteiger partial charge on any atom is 0.407 e. The summed E-state index contributed by atoms with van der Waals surface area (Å²) in [5.74, 6) is -1.12. The molecule has 8 nitrogen and oxygen atoms in total. The van der Waals surface area contributed by atoms with Crippen molar-refractivity contribution >= 4 is 18.0 Å². The molecule has 1 aliphatic rings. The predicted molar refractivity (Wildman–Crippen MR) is 124 cm³/mol. The van der Waals surface area contributed by atoms with Crippen LogP contribution in [0.2, 0.25) is 0 Å². The van der Waals surface area contributed by atoms with Crippen LogP contribution in [0, 0.1) is 11.8 Å². The zero-order valence-corrected chi connectivity index (χ0v) is 19.9. The van der Waals surface area contributed by atoms with Crippen LogP contribution < -0.4 is 16.0 Å². The first-order chi connectivity index (χ1) is 15.1. The van der Waals surface area contributed by atoms with Crippen LogP contribution in [0.4, 0.5) is 4.79 Å². The summed E-state index contributed by atoms with van der Waals surface area (Å²) < 4.78 is 5.23. The van der Waals surface area contributed by atoms with E-state index >= 15 is 0 Å². The van der Waals surface area contributed by atoms with Gasteiger partial charge < -0.3 is 25.8 Å². The van der Waals surface area contributed by atoms with E-state index in [0.717, 1.165) is 18.4 Å². The summed E-state index contributed by atoms with van der Waals surface area (Å²) in [4.78, 5) is 35.9. The second-order valence-electron chi connectivity index (χ2n) is 9.19. The second kappa shape index (κ2) is 13.7. The summed E-state index contributed by atoms with van der Waals surface area (Å²) in [6.45, 7) is 5.98. The highest BCUT2D eigenvalue weighted by Crippen LogP contribution is 2.28. The van der Waals surface area contributed by atoms with E-state index < -0.39 is 23.7 Å². The molecule has 0 aliphatic heterocycles. The molecule has 0 bridgehead atoms. The molecule has 0 spiro atoms. The normalized spacial score (nSPS) is 19.0. The van der Waals surface area contributed by atoms with Gasteiger partial charge in [-0.1, -0.05) is 30.3 Å². The number of rotatable bonds is 7. The van der Waals surface area contributed by atoms with Gasteiger partial charge in [-0.3, -0.25) is 4.79 Å². The van der Waals surface area contributed by atoms with Gasteiger partial charge >= 0.3 is 12.1 Å². The molecule has 1 aromatic rings. The van der Waals surface area contributed by atoms with Crippen LogP contribution in [0.25, 0.3) is 0 Å². The van der Waals surface area contributed by atoms with Crippen molar-refractivity contribution < 1.29 is 24.2 Å². The maximum atomic E-state index is 12.6. The fraction of sp³-hybridized carbons (Fsp3) is 0.625. The average molecular weight is 450 g/mol. The Morgan fingerprint density at radius 1 is 1.06 bits per heavy atom. The van der Waals surface area contributed by atoms with Gasteiger partial charge in [0.1, 0.15) is 11.6 Å². The van der Waals surface area contributed by atoms with Crippen molar-refractivity contribution in [1.29, 1.82) is 0 Å². The molecular weight excluding hydrogens is 410 g/mol. The van der Waals surface area contributed by atoms with E-state index in [1.54, 1.807) is 0 Å². The fourth-order valence-corrected chi connectivity index (χ4v) is 3.51. The van der Waals surface area contributed by atoms with Gasteiger partial charge in [-0.25, -0.2) is 9.59 Å². The number of alkyl carbamates (subject to hydrolysis) is 1. The summed E-state index contributed by atoms with van der Waals surface area (Å²) in [5, 5.41) is 17.7. The summed E-state index contributed by atoms with van der Waals surface area (Å²) in [7, 11) is 3.75. The first-order valence-electron chi connectivity index (χ1n) is 11.2. The molecule has 0 unspecified atom stereocenters. The molecule has 2 amide bonds. The van der Waals surface area contributed by atoms with Crippen LogP contribution in [0.3, 0.4) is 0 Å². The monoisotopic (exact) mass is 449 g/mol. The van der Waals surface area contributed by atoms with Crippen LogP contribution in [0.1, 0.15) is 52.0 Å². The Hall–Kier alpha value is -2.61. The number of hydrogen-bond donors (Lipinski definition) is 4. The zero-order chi connectivity index (χ0) is 24.1. The highest BCUT2D eigenvalue weighted by atomic mass is 16.6. The van der Waals surface area contributed by atoms with E-state index in [-0.39, 0.29) is 18.2 Å². The topological polar surface area (TPSA) is 117 Å². The molecule has 0 heterocycles. The molecular formula is C24H39N3O5. The molecule has 4 N–H and O–H groups in total. The van der Waals surface area contributed by atoms with Crippen molar-refractivity contribution in [3.8, 4) is 0 Å². The lowest BCUT2D eigenvalue weighted by Crippen LogP contribution is -2.46. The van der Waals surface area contributed by atoms with E-state index in [1.165, 1.54) is 0 Å². The quantitative estimate of drug-likeness (QED) is 0.509. The minimum Gasteiger partial charge on any atom is -0.480 e. The molecule has 1 aromatic carbocycles. The standard InChI is InChI=1S/C22H32N2O5.C2H7N/c1-22(2,3)29-21(28)23-14-16-9-11-17(12-10-16)19(25)24-18(20(26)27)13-15-7-5-4-6-8-15;1-3-2/h4-8,16-18H,9-14H2,1-3H3,(H,23,28)(H,24,25)(H,26,27);3H,1-2H3/t16-,17-,18-;/m0./s1. The molecule has 8 heteroatoms. The van der Waals surface area contributed by atoms with Crippen molar-refractivity contribution in [2.45, 2.75) is 64.5 Å². The molecule has 180 valence electrons. The lowest BCUT2D eigenvalue weighted by molar-refractivity contribution is -0.142. The van der Waals surface area contributed by atoms with E-state index in [1.807, 2.05) is 65.2 Å². The number of carbonyl (C=O) groups is 3. The van der Waals surface area contributed by atoms with Crippen molar-refractivity contribution in [2.24, 2.45) is 11.8 Å². The molecule has 0 aromatic heterocycles. The largest absolute Gasteiger partial charge is 0.480 e. The minimum absolute atomic E-state index is 0.189. The minimum atomic E-state index is -1.03. The molecule has 2 rings (SSSR count). The number of hydrogen-bond acceptors (Lipinski definition) is 5. The molecule has 0 radical (unpaired) electrons. The van der Waals surface area contributed by atoms with Crippen LogP contribution in [-0.2, 0) is 20.7 Å². The third-order valence-corrected chi connectivity index (χ3v) is 5.05. The van der Waals surface area contributed by atoms with Gasteiger partial charge in [0, 0.05) is 18.9 Å². The summed E-state index contributed by atoms with van der Waals surface area (Å²) >= 11 is 0. The van der Waals surface area contributed by atoms with Crippen LogP contribution in [0.5, 0.6) is 0 Å². The van der Waals surface area contributed by atoms with Crippen LogP contribution >= 0.6 is 0 Å². The van der Waals surface area contributed by atoms with Crippen LogP contribution in [0.15, 0.2) is 30.3 Å². The SMILES string of the molecule is CC(C)(C)OC(=O)NC[C@H]1CC[C@H](C(=O)N[C@@H](Cc2ccccc2)C(=O)O)CC1.CNC. The Kier molecular flexibility index (Phi) is 11.8. The highest BCUT2D eigenvalue weighted by Gasteiger charge is 2.30. The fourth-order valence-electron chi connectivity index (χ4n) is 3.51. The zero-order valence-electron chi connectivity index (χ0n) is 19.9. The highest BCUT2D eigenvalue weighted by molar-refractivity contribution is 5.85. The molecule has 1 saturated carbocycles. The van der Waals surface area contributed by atoms with Gasteiger partial charge in [0.25, 0.3) is 0 Å². The Bertz CT molecular complexity index is 710. The van der Waals surface area contributed by atoms with Crippen molar-refractivity contribution in [3.63, 3.8) is 0 Å². The van der Waals surface area contributed by atoms with Gasteiger partial charge in [0.15, 0.2) is 0 Å². The number of carboxylic acids is 1. The van der Waals surface area contributed by atoms with E-state index in [2.05, 4.69) is 16.0 Å². The number of ether oxygens (including phenoxy) is 1. The molecule has 1 atom stereocenters. The van der Waals surface area contributed by atoms with Crippen molar-refractivity contribution in [1.82, 2.24) is 16.0 Å². The van der Waals surface area contributed by atoms with E-state index in [4.69, 9.17) is 4.74 Å². The summed E-state index contributed by atoms with van der Waals surface area (Å²) in [5.41, 5.74) is 0.345. The van der Waals surface area contributed by atoms with Gasteiger partial charge in [0.05, 0.1) is 0 Å². The predicted octanol–water partition coefficient (Wildman–Crippen LogP) is 2.97. The Balaban J connectivity index is 0.00000161. The van der Waals surface area contributed by atoms with Crippen molar-refractivity contribution in [3.05, 3.63) is 35.9 Å². The maximum absolute atomic E-state index is 12.6. The van der Waals surface area contributed by atoms with Gasteiger partial charge in [-0.05, 0) is 72.0 Å². The Morgan fingerprint density at radius 3 is 2.12 bits per heavy atom. The molecule has 0 saturated heterocycles. The van der Waals surface area contributed by atoms with Gasteiger partial charge in [-0.15, -0.1) is 0 Å². The second-order valence-corrected chi connectivity index (χ2v) is 9.19.